The smallest absolute Gasteiger partial charge is 0.251 e. The highest BCUT2D eigenvalue weighted by atomic mass is 32.1. The lowest BCUT2D eigenvalue weighted by Gasteiger charge is -2.23. The lowest BCUT2D eigenvalue weighted by atomic mass is 10.1. The molecule has 0 aliphatic heterocycles. The lowest BCUT2D eigenvalue weighted by molar-refractivity contribution is -0.132. The van der Waals surface area contributed by atoms with Crippen LogP contribution in [0.25, 0.3) is 11.4 Å². The first-order valence-electron chi connectivity index (χ1n) is 10.8. The van der Waals surface area contributed by atoms with Gasteiger partial charge in [-0.25, -0.2) is 0 Å². The quantitative estimate of drug-likeness (QED) is 0.512. The van der Waals surface area contributed by atoms with Gasteiger partial charge in [0, 0.05) is 43.7 Å². The van der Waals surface area contributed by atoms with E-state index in [0.717, 1.165) is 35.4 Å². The van der Waals surface area contributed by atoms with Gasteiger partial charge < -0.3 is 10.2 Å². The summed E-state index contributed by atoms with van der Waals surface area (Å²) in [6, 6.07) is 15.8. The minimum Gasteiger partial charge on any atom is -0.355 e. The van der Waals surface area contributed by atoms with Gasteiger partial charge in [-0.15, -0.1) is 0 Å². The van der Waals surface area contributed by atoms with E-state index in [2.05, 4.69) is 21.6 Å². The van der Waals surface area contributed by atoms with Crippen LogP contribution in [0.15, 0.2) is 48.5 Å². The second-order valence-electron chi connectivity index (χ2n) is 8.15. The van der Waals surface area contributed by atoms with Crippen molar-refractivity contribution in [3.05, 3.63) is 70.0 Å². The number of hydrogen-bond donors (Lipinski definition) is 2. The molecule has 0 unspecified atom stereocenters. The van der Waals surface area contributed by atoms with Crippen molar-refractivity contribution in [1.82, 2.24) is 25.0 Å². The predicted molar refractivity (Wildman–Crippen MR) is 126 cm³/mol. The Morgan fingerprint density at radius 2 is 1.97 bits per heavy atom. The van der Waals surface area contributed by atoms with Crippen LogP contribution in [0.2, 0.25) is 0 Å². The van der Waals surface area contributed by atoms with Crippen LogP contribution >= 0.6 is 12.2 Å². The van der Waals surface area contributed by atoms with Crippen molar-refractivity contribution in [3.63, 3.8) is 0 Å². The van der Waals surface area contributed by atoms with Crippen molar-refractivity contribution in [3.8, 4) is 11.4 Å². The van der Waals surface area contributed by atoms with Gasteiger partial charge in [-0.1, -0.05) is 35.9 Å². The predicted octanol–water partition coefficient (Wildman–Crippen LogP) is 3.86. The van der Waals surface area contributed by atoms with Crippen LogP contribution < -0.4 is 5.32 Å². The number of hydrogen-bond acceptors (Lipinski definition) is 4. The second-order valence-corrected chi connectivity index (χ2v) is 8.54. The monoisotopic (exact) mass is 449 g/mol. The van der Waals surface area contributed by atoms with Crippen LogP contribution in [-0.2, 0) is 17.9 Å². The van der Waals surface area contributed by atoms with Gasteiger partial charge in [0.1, 0.15) is 0 Å². The van der Waals surface area contributed by atoms with E-state index in [9.17, 15) is 9.59 Å². The van der Waals surface area contributed by atoms with Gasteiger partial charge >= 0.3 is 0 Å². The first-order valence-corrected chi connectivity index (χ1v) is 11.2. The zero-order chi connectivity index (χ0) is 22.7. The highest BCUT2D eigenvalue weighted by molar-refractivity contribution is 7.71. The van der Waals surface area contributed by atoms with Crippen molar-refractivity contribution in [2.45, 2.75) is 45.3 Å². The Kier molecular flexibility index (Phi) is 6.50. The van der Waals surface area contributed by atoms with Crippen LogP contribution in [0.4, 0.5) is 0 Å². The number of rotatable bonds is 8. The zero-order valence-electron chi connectivity index (χ0n) is 18.3. The van der Waals surface area contributed by atoms with E-state index in [1.54, 1.807) is 19.2 Å². The molecule has 0 atom stereocenters. The third-order valence-corrected chi connectivity index (χ3v) is 6.00. The van der Waals surface area contributed by atoms with E-state index in [1.807, 2.05) is 46.7 Å². The average molecular weight is 450 g/mol. The van der Waals surface area contributed by atoms with E-state index in [0.29, 0.717) is 29.8 Å². The largest absolute Gasteiger partial charge is 0.355 e. The molecule has 8 heteroatoms. The highest BCUT2D eigenvalue weighted by Gasteiger charge is 2.32. The molecule has 0 saturated heterocycles. The zero-order valence-corrected chi connectivity index (χ0v) is 19.1. The first kappa shape index (κ1) is 22.0. The van der Waals surface area contributed by atoms with Crippen molar-refractivity contribution in [2.75, 3.05) is 7.05 Å². The summed E-state index contributed by atoms with van der Waals surface area (Å²) < 4.78 is 2.41. The Morgan fingerprint density at radius 1 is 1.22 bits per heavy atom. The minimum absolute atomic E-state index is 0.0983. The Labute approximate surface area is 192 Å². The summed E-state index contributed by atoms with van der Waals surface area (Å²) in [7, 11) is 1.61. The molecule has 1 fully saturated rings. The Balaban J connectivity index is 1.45. The normalized spacial score (nSPS) is 13.1. The molecule has 1 aromatic heterocycles. The fourth-order valence-electron chi connectivity index (χ4n) is 3.79. The molecule has 0 spiro atoms. The fourth-order valence-corrected chi connectivity index (χ4v) is 4.01. The Hall–Kier alpha value is -3.26. The summed E-state index contributed by atoms with van der Waals surface area (Å²) in [5.41, 5.74) is 3.73. The summed E-state index contributed by atoms with van der Waals surface area (Å²) in [5, 5.41) is 9.86. The van der Waals surface area contributed by atoms with E-state index in [-0.39, 0.29) is 17.9 Å². The number of nitrogens with one attached hydrogen (secondary N) is 2. The number of aromatic nitrogens is 3. The maximum absolute atomic E-state index is 13.1. The Bertz CT molecular complexity index is 1180. The van der Waals surface area contributed by atoms with Crippen LogP contribution in [-0.4, -0.2) is 44.6 Å². The first-order chi connectivity index (χ1) is 15.5. The highest BCUT2D eigenvalue weighted by Crippen LogP contribution is 2.29. The third kappa shape index (κ3) is 4.96. The number of carbonyl (C=O) groups excluding carboxylic acids is 2. The molecule has 3 aromatic rings. The van der Waals surface area contributed by atoms with Gasteiger partial charge in [0.25, 0.3) is 5.91 Å². The van der Waals surface area contributed by atoms with Crippen LogP contribution in [0.3, 0.4) is 0 Å². The molecule has 4 rings (SSSR count). The molecule has 1 aliphatic rings. The standard InChI is InChI=1S/C24H27N5O2S/c1-16-4-3-5-19(14-16)22-26-27-24(32)28(22)13-12-21(30)29(20-10-11-20)15-17-6-8-18(9-7-17)23(31)25-2/h3-9,14,20H,10-13,15H2,1-2H3,(H,25,31)(H,27,32). The lowest BCUT2D eigenvalue weighted by Crippen LogP contribution is -2.33. The SMILES string of the molecule is CNC(=O)c1ccc(CN(C(=O)CCn2c(-c3cccc(C)c3)n[nH]c2=S)C2CC2)cc1. The summed E-state index contributed by atoms with van der Waals surface area (Å²) in [6.07, 6.45) is 2.41. The van der Waals surface area contributed by atoms with E-state index >= 15 is 0 Å². The average Bonchev–Trinajstić information content (AvgIpc) is 3.58. The summed E-state index contributed by atoms with van der Waals surface area (Å²) in [4.78, 5) is 26.8. The van der Waals surface area contributed by atoms with Crippen LogP contribution in [0.1, 0.15) is 40.7 Å². The second kappa shape index (κ2) is 9.48. The number of carbonyl (C=O) groups is 2. The third-order valence-electron chi connectivity index (χ3n) is 5.69. The number of amides is 2. The molecule has 2 amide bonds. The van der Waals surface area contributed by atoms with Gasteiger partial charge in [-0.3, -0.25) is 19.3 Å². The van der Waals surface area contributed by atoms with E-state index in [1.165, 1.54) is 0 Å². The van der Waals surface area contributed by atoms with Gasteiger partial charge in [0.05, 0.1) is 0 Å². The van der Waals surface area contributed by atoms with Crippen LogP contribution in [0.5, 0.6) is 0 Å². The number of H-pyrrole nitrogens is 1. The van der Waals surface area contributed by atoms with E-state index < -0.39 is 0 Å². The van der Waals surface area contributed by atoms with Crippen LogP contribution in [0, 0.1) is 11.7 Å². The maximum atomic E-state index is 13.1. The summed E-state index contributed by atoms with van der Waals surface area (Å²) >= 11 is 5.42. The molecule has 32 heavy (non-hydrogen) atoms. The van der Waals surface area contributed by atoms with Crippen molar-refractivity contribution in [1.29, 1.82) is 0 Å². The molecule has 1 heterocycles. The van der Waals surface area contributed by atoms with Crippen molar-refractivity contribution < 1.29 is 9.59 Å². The minimum atomic E-state index is -0.118. The van der Waals surface area contributed by atoms with Gasteiger partial charge in [0.15, 0.2) is 10.6 Å². The number of aromatic amines is 1. The van der Waals surface area contributed by atoms with Crippen molar-refractivity contribution >= 4 is 24.0 Å². The summed E-state index contributed by atoms with van der Waals surface area (Å²) in [6.45, 7) is 3.04. The van der Waals surface area contributed by atoms with Crippen molar-refractivity contribution in [2.24, 2.45) is 0 Å². The van der Waals surface area contributed by atoms with E-state index in [4.69, 9.17) is 12.2 Å². The Morgan fingerprint density at radius 3 is 2.62 bits per heavy atom. The van der Waals surface area contributed by atoms with Gasteiger partial charge in [-0.05, 0) is 55.7 Å². The molecule has 7 nitrogen and oxygen atoms in total. The number of benzene rings is 2. The molecular formula is C24H27N5O2S. The molecule has 1 saturated carbocycles. The van der Waals surface area contributed by atoms with Gasteiger partial charge in [0.2, 0.25) is 5.91 Å². The number of aryl methyl sites for hydroxylation is 1. The molecule has 2 N–H and O–H groups in total. The topological polar surface area (TPSA) is 83.0 Å². The number of nitrogens with zero attached hydrogens (tertiary/aromatic N) is 3. The summed E-state index contributed by atoms with van der Waals surface area (Å²) in [5.74, 6) is 0.725. The molecule has 166 valence electrons. The fraction of sp³-hybridized carbons (Fsp3) is 0.333. The maximum Gasteiger partial charge on any atom is 0.251 e. The van der Waals surface area contributed by atoms with Gasteiger partial charge in [-0.2, -0.15) is 5.10 Å². The molecular weight excluding hydrogens is 422 g/mol. The molecule has 1 aliphatic carbocycles. The molecule has 0 bridgehead atoms. The molecule has 0 radical (unpaired) electrons. The molecule has 2 aromatic carbocycles.